The lowest BCUT2D eigenvalue weighted by Crippen LogP contribution is -2.30. The van der Waals surface area contributed by atoms with Gasteiger partial charge in [-0.3, -0.25) is 14.4 Å². The van der Waals surface area contributed by atoms with Crippen LogP contribution in [0.1, 0.15) is 50.6 Å². The summed E-state index contributed by atoms with van der Waals surface area (Å²) >= 11 is 0. The molecule has 5 heteroatoms. The van der Waals surface area contributed by atoms with Crippen LogP contribution in [0.3, 0.4) is 0 Å². The lowest BCUT2D eigenvalue weighted by molar-refractivity contribution is -0.138. The van der Waals surface area contributed by atoms with Crippen LogP contribution in [-0.2, 0) is 11.3 Å². The number of hydrogen-bond acceptors (Lipinski definition) is 3. The summed E-state index contributed by atoms with van der Waals surface area (Å²) in [6, 6.07) is 10.8. The first-order valence-electron chi connectivity index (χ1n) is 9.25. The molecule has 0 spiro atoms. The minimum absolute atomic E-state index is 0.0661. The number of benzene rings is 1. The highest BCUT2D eigenvalue weighted by Gasteiger charge is 2.24. The van der Waals surface area contributed by atoms with Crippen molar-refractivity contribution in [3.8, 4) is 11.3 Å². The van der Waals surface area contributed by atoms with Crippen LogP contribution in [0.4, 0.5) is 0 Å². The predicted octanol–water partition coefficient (Wildman–Crippen LogP) is 3.96. The molecule has 0 atom stereocenters. The smallest absolute Gasteiger partial charge is 0.317 e. The molecule has 1 fully saturated rings. The van der Waals surface area contributed by atoms with Gasteiger partial charge >= 0.3 is 5.97 Å². The third-order valence-electron chi connectivity index (χ3n) is 4.88. The van der Waals surface area contributed by atoms with Crippen molar-refractivity contribution in [1.82, 2.24) is 14.7 Å². The maximum atomic E-state index is 11.2. The third kappa shape index (κ3) is 4.28. The molecular formula is C20H27N3O2. The van der Waals surface area contributed by atoms with Crippen molar-refractivity contribution in [3.05, 3.63) is 42.1 Å². The molecule has 0 unspecified atom stereocenters. The maximum Gasteiger partial charge on any atom is 0.317 e. The van der Waals surface area contributed by atoms with Gasteiger partial charge < -0.3 is 5.11 Å². The van der Waals surface area contributed by atoms with E-state index >= 15 is 0 Å². The van der Waals surface area contributed by atoms with Gasteiger partial charge in [-0.2, -0.15) is 5.10 Å². The van der Waals surface area contributed by atoms with Gasteiger partial charge in [0.2, 0.25) is 0 Å². The number of carboxylic acids is 1. The van der Waals surface area contributed by atoms with E-state index in [1.807, 2.05) is 29.3 Å². The third-order valence-corrected chi connectivity index (χ3v) is 4.88. The van der Waals surface area contributed by atoms with Crippen LogP contribution in [0.2, 0.25) is 0 Å². The number of rotatable bonds is 8. The fourth-order valence-corrected chi connectivity index (χ4v) is 3.82. The Bertz CT molecular complexity index is 690. The minimum atomic E-state index is -0.780. The van der Waals surface area contributed by atoms with E-state index in [4.69, 9.17) is 5.10 Å². The van der Waals surface area contributed by atoms with Crippen molar-refractivity contribution in [2.75, 3.05) is 13.1 Å². The number of carbonyl (C=O) groups is 1. The molecule has 0 aliphatic heterocycles. The Kier molecular flexibility index (Phi) is 5.87. The first-order chi connectivity index (χ1) is 12.2. The summed E-state index contributed by atoms with van der Waals surface area (Å²) in [6.07, 6.45) is 7.74. The first-order valence-corrected chi connectivity index (χ1v) is 9.25. The Labute approximate surface area is 149 Å². The molecule has 0 saturated heterocycles. The summed E-state index contributed by atoms with van der Waals surface area (Å²) in [7, 11) is 0. The van der Waals surface area contributed by atoms with E-state index in [0.29, 0.717) is 12.6 Å². The highest BCUT2D eigenvalue weighted by molar-refractivity contribution is 5.69. The summed E-state index contributed by atoms with van der Waals surface area (Å²) in [5.74, 6) is -0.780. The van der Waals surface area contributed by atoms with Crippen molar-refractivity contribution in [3.63, 3.8) is 0 Å². The van der Waals surface area contributed by atoms with E-state index in [-0.39, 0.29) is 6.54 Å². The molecule has 5 nitrogen and oxygen atoms in total. The lowest BCUT2D eigenvalue weighted by atomic mass is 10.1. The predicted molar refractivity (Wildman–Crippen MR) is 98.4 cm³/mol. The van der Waals surface area contributed by atoms with Gasteiger partial charge in [-0.05, 0) is 25.8 Å². The Hall–Kier alpha value is -2.14. The van der Waals surface area contributed by atoms with E-state index in [2.05, 4.69) is 23.7 Å². The summed E-state index contributed by atoms with van der Waals surface area (Å²) in [4.78, 5) is 13.2. The molecule has 134 valence electrons. The van der Waals surface area contributed by atoms with Gasteiger partial charge in [0.05, 0.1) is 24.5 Å². The molecule has 1 aromatic heterocycles. The van der Waals surface area contributed by atoms with Gasteiger partial charge in [0.25, 0.3) is 0 Å². The van der Waals surface area contributed by atoms with Gasteiger partial charge in [-0.25, -0.2) is 0 Å². The Morgan fingerprint density at radius 3 is 2.64 bits per heavy atom. The van der Waals surface area contributed by atoms with Crippen LogP contribution in [0.5, 0.6) is 0 Å². The van der Waals surface area contributed by atoms with E-state index in [1.165, 1.54) is 25.7 Å². The molecule has 1 aromatic carbocycles. The van der Waals surface area contributed by atoms with Gasteiger partial charge in [-0.15, -0.1) is 0 Å². The number of aromatic nitrogens is 2. The molecule has 0 radical (unpaired) electrons. The number of aliphatic carboxylic acids is 1. The average molecular weight is 341 g/mol. The molecule has 2 aromatic rings. The molecule has 0 bridgehead atoms. The molecule has 1 aliphatic carbocycles. The van der Waals surface area contributed by atoms with Gasteiger partial charge in [0.1, 0.15) is 0 Å². The van der Waals surface area contributed by atoms with Crippen molar-refractivity contribution in [2.24, 2.45) is 0 Å². The summed E-state index contributed by atoms with van der Waals surface area (Å²) in [5, 5.41) is 13.9. The standard InChI is InChI=1S/C20H27N3O2/c1-2-12-22(15-19(24)25)14-17-13-21-23(18-10-6-7-11-18)20(17)16-8-4-3-5-9-16/h3-5,8-9,13,18H,2,6-7,10-12,14-15H2,1H3,(H,24,25). The van der Waals surface area contributed by atoms with Crippen LogP contribution in [0.15, 0.2) is 36.5 Å². The second-order valence-corrected chi connectivity index (χ2v) is 6.87. The Morgan fingerprint density at radius 2 is 2.00 bits per heavy atom. The first kappa shape index (κ1) is 17.7. The van der Waals surface area contributed by atoms with Crippen LogP contribution in [0.25, 0.3) is 11.3 Å². The van der Waals surface area contributed by atoms with Crippen molar-refractivity contribution in [2.45, 2.75) is 51.6 Å². The fraction of sp³-hybridized carbons (Fsp3) is 0.500. The van der Waals surface area contributed by atoms with Crippen molar-refractivity contribution < 1.29 is 9.90 Å². The monoisotopic (exact) mass is 341 g/mol. The Balaban J connectivity index is 1.94. The second kappa shape index (κ2) is 8.30. The molecule has 1 aliphatic rings. The summed E-state index contributed by atoms with van der Waals surface area (Å²) in [5.41, 5.74) is 3.43. The zero-order valence-corrected chi connectivity index (χ0v) is 14.9. The van der Waals surface area contributed by atoms with Crippen molar-refractivity contribution >= 4 is 5.97 Å². The maximum absolute atomic E-state index is 11.2. The van der Waals surface area contributed by atoms with Crippen LogP contribution in [0, 0.1) is 0 Å². The molecule has 1 heterocycles. The van der Waals surface area contributed by atoms with E-state index < -0.39 is 5.97 Å². The molecule has 25 heavy (non-hydrogen) atoms. The topological polar surface area (TPSA) is 58.4 Å². The molecular weight excluding hydrogens is 314 g/mol. The number of hydrogen-bond donors (Lipinski definition) is 1. The van der Waals surface area contributed by atoms with E-state index in [0.717, 1.165) is 29.8 Å². The van der Waals surface area contributed by atoms with Gasteiger partial charge in [-0.1, -0.05) is 50.1 Å². The number of nitrogens with zero attached hydrogens (tertiary/aromatic N) is 3. The SMILES string of the molecule is CCCN(CC(=O)O)Cc1cnn(C2CCCC2)c1-c1ccccc1. The largest absolute Gasteiger partial charge is 0.480 e. The average Bonchev–Trinajstić information content (AvgIpc) is 3.24. The molecule has 0 amide bonds. The molecule has 1 N–H and O–H groups in total. The summed E-state index contributed by atoms with van der Waals surface area (Å²) in [6.45, 7) is 3.54. The molecule has 1 saturated carbocycles. The number of carboxylic acid groups (broad SMARTS) is 1. The second-order valence-electron chi connectivity index (χ2n) is 6.87. The minimum Gasteiger partial charge on any atom is -0.480 e. The van der Waals surface area contributed by atoms with E-state index in [9.17, 15) is 9.90 Å². The Morgan fingerprint density at radius 1 is 1.28 bits per heavy atom. The van der Waals surface area contributed by atoms with Gasteiger partial charge in [0, 0.05) is 17.7 Å². The zero-order valence-electron chi connectivity index (χ0n) is 14.9. The fourth-order valence-electron chi connectivity index (χ4n) is 3.82. The highest BCUT2D eigenvalue weighted by Crippen LogP contribution is 2.35. The van der Waals surface area contributed by atoms with Crippen molar-refractivity contribution in [1.29, 1.82) is 0 Å². The van der Waals surface area contributed by atoms with Crippen LogP contribution >= 0.6 is 0 Å². The van der Waals surface area contributed by atoms with Gasteiger partial charge in [0.15, 0.2) is 0 Å². The quantitative estimate of drug-likeness (QED) is 0.789. The molecule has 3 rings (SSSR count). The van der Waals surface area contributed by atoms with Crippen LogP contribution in [-0.4, -0.2) is 38.8 Å². The zero-order chi connectivity index (χ0) is 17.6. The van der Waals surface area contributed by atoms with Crippen LogP contribution < -0.4 is 0 Å². The normalized spacial score (nSPS) is 15.1. The summed E-state index contributed by atoms with van der Waals surface area (Å²) < 4.78 is 2.18. The van der Waals surface area contributed by atoms with E-state index in [1.54, 1.807) is 0 Å². The highest BCUT2D eigenvalue weighted by atomic mass is 16.4. The lowest BCUT2D eigenvalue weighted by Gasteiger charge is -2.21.